The van der Waals surface area contributed by atoms with Gasteiger partial charge in [-0.2, -0.15) is 4.59 Å². The molecule has 0 saturated heterocycles. The first-order valence-corrected chi connectivity index (χ1v) is 6.04. The Kier molecular flexibility index (Phi) is 5.34. The Morgan fingerprint density at radius 1 is 1.28 bits per heavy atom. The maximum atomic E-state index is 4.40. The summed E-state index contributed by atoms with van der Waals surface area (Å²) in [6.07, 6.45) is 3.99. The minimum absolute atomic E-state index is 0. The highest BCUT2D eigenvalue weighted by molar-refractivity contribution is 5.72. The number of aliphatic imine (C=N–C) groups is 1. The van der Waals surface area contributed by atoms with Gasteiger partial charge in [0.2, 0.25) is 0 Å². The van der Waals surface area contributed by atoms with Crippen LogP contribution in [0.15, 0.2) is 47.1 Å². The average Bonchev–Trinajstić information content (AvgIpc) is 2.35. The van der Waals surface area contributed by atoms with Gasteiger partial charge in [-0.05, 0) is 19.1 Å². The second-order valence-corrected chi connectivity index (χ2v) is 4.47. The van der Waals surface area contributed by atoms with Crippen molar-refractivity contribution < 1.29 is 28.6 Å². The Morgan fingerprint density at radius 3 is 2.50 bits per heavy atom. The van der Waals surface area contributed by atoms with Crippen molar-refractivity contribution in [2.24, 2.45) is 4.99 Å². The molecule has 1 aliphatic heterocycles. The second-order valence-electron chi connectivity index (χ2n) is 4.47. The number of quaternary nitrogens is 1. The summed E-state index contributed by atoms with van der Waals surface area (Å²) in [6, 6.07) is 10.5. The van der Waals surface area contributed by atoms with Crippen molar-refractivity contribution in [1.82, 2.24) is 0 Å². The van der Waals surface area contributed by atoms with Crippen LogP contribution in [-0.2, 0) is 0 Å². The van der Waals surface area contributed by atoms with Crippen LogP contribution in [0.2, 0.25) is 0 Å². The van der Waals surface area contributed by atoms with Crippen molar-refractivity contribution in [2.45, 2.75) is 13.8 Å². The summed E-state index contributed by atoms with van der Waals surface area (Å²) < 4.78 is 0.733. The molecule has 1 heterocycles. The van der Waals surface area contributed by atoms with Crippen molar-refractivity contribution in [3.8, 4) is 0 Å². The number of anilines is 1. The van der Waals surface area contributed by atoms with Crippen LogP contribution in [0.5, 0.6) is 0 Å². The molecular weight excluding hydrogens is 337 g/mol. The first-order valence-electron chi connectivity index (χ1n) is 6.04. The zero-order chi connectivity index (χ0) is 12.3. The molecule has 0 radical (unpaired) electrons. The first-order chi connectivity index (χ1) is 8.18. The SMILES string of the molecule is CCN(c1ccccc1)[N+]1(C)CN=CC=C1C.[I-]. The van der Waals surface area contributed by atoms with E-state index in [1.165, 1.54) is 11.4 Å². The largest absolute Gasteiger partial charge is 1.00 e. The van der Waals surface area contributed by atoms with Crippen molar-refractivity contribution in [2.75, 3.05) is 25.3 Å². The van der Waals surface area contributed by atoms with Crippen molar-refractivity contribution >= 4 is 11.9 Å². The monoisotopic (exact) mass is 357 g/mol. The van der Waals surface area contributed by atoms with E-state index >= 15 is 0 Å². The van der Waals surface area contributed by atoms with Crippen LogP contribution in [0.3, 0.4) is 0 Å². The lowest BCUT2D eigenvalue weighted by molar-refractivity contribution is -0.881. The molecule has 2 rings (SSSR count). The van der Waals surface area contributed by atoms with Crippen LogP contribution >= 0.6 is 0 Å². The highest BCUT2D eigenvalue weighted by Gasteiger charge is 2.33. The minimum atomic E-state index is 0. The molecule has 1 aromatic rings. The maximum absolute atomic E-state index is 4.40. The van der Waals surface area contributed by atoms with Gasteiger partial charge < -0.3 is 24.0 Å². The van der Waals surface area contributed by atoms with Crippen molar-refractivity contribution in [3.63, 3.8) is 0 Å². The third-order valence-electron chi connectivity index (χ3n) is 3.42. The molecular formula is C14H20IN3. The van der Waals surface area contributed by atoms with Crippen LogP contribution in [0.1, 0.15) is 13.8 Å². The molecule has 18 heavy (non-hydrogen) atoms. The number of hydrogen-bond donors (Lipinski definition) is 0. The number of benzene rings is 1. The Labute approximate surface area is 126 Å². The Morgan fingerprint density at radius 2 is 1.94 bits per heavy atom. The molecule has 0 N–H and O–H groups in total. The molecule has 1 aromatic carbocycles. The number of para-hydroxylation sites is 1. The predicted molar refractivity (Wildman–Crippen MR) is 72.8 cm³/mol. The summed E-state index contributed by atoms with van der Waals surface area (Å²) in [4.78, 5) is 4.40. The van der Waals surface area contributed by atoms with Gasteiger partial charge in [-0.15, -0.1) is 0 Å². The molecule has 0 bridgehead atoms. The van der Waals surface area contributed by atoms with E-state index < -0.39 is 0 Å². The molecule has 4 heteroatoms. The molecule has 0 spiro atoms. The van der Waals surface area contributed by atoms with Crippen molar-refractivity contribution in [3.05, 3.63) is 42.1 Å². The molecule has 0 amide bonds. The fraction of sp³-hybridized carbons (Fsp3) is 0.357. The topological polar surface area (TPSA) is 15.6 Å². The summed E-state index contributed by atoms with van der Waals surface area (Å²) in [5.74, 6) is 0. The highest BCUT2D eigenvalue weighted by Crippen LogP contribution is 2.26. The lowest BCUT2D eigenvalue weighted by Gasteiger charge is -2.43. The number of halogens is 1. The molecule has 0 saturated carbocycles. The van der Waals surface area contributed by atoms with Gasteiger partial charge in [-0.3, -0.25) is 0 Å². The van der Waals surface area contributed by atoms with E-state index in [4.69, 9.17) is 0 Å². The van der Waals surface area contributed by atoms with Gasteiger partial charge in [0.05, 0.1) is 19.3 Å². The van der Waals surface area contributed by atoms with E-state index in [2.05, 4.69) is 61.2 Å². The highest BCUT2D eigenvalue weighted by atomic mass is 127. The van der Waals surface area contributed by atoms with E-state index in [0.717, 1.165) is 17.8 Å². The summed E-state index contributed by atoms with van der Waals surface area (Å²) in [5.41, 5.74) is 2.55. The molecule has 3 nitrogen and oxygen atoms in total. The maximum Gasteiger partial charge on any atom is 0.199 e. The summed E-state index contributed by atoms with van der Waals surface area (Å²) in [5, 5.41) is 2.36. The lowest BCUT2D eigenvalue weighted by atomic mass is 10.3. The second kappa shape index (κ2) is 6.33. The van der Waals surface area contributed by atoms with E-state index in [-0.39, 0.29) is 24.0 Å². The zero-order valence-electron chi connectivity index (χ0n) is 11.2. The molecule has 1 unspecified atom stereocenters. The standard InChI is InChI=1S/C14H20N3.HI/c1-4-16(14-8-6-5-7-9-14)17(3)12-15-11-10-13(17)2;/h5-11H,4,12H2,1-3H3;1H/q+1;/p-1. The van der Waals surface area contributed by atoms with E-state index in [1.54, 1.807) is 0 Å². The first kappa shape index (κ1) is 15.2. The van der Waals surface area contributed by atoms with Gasteiger partial charge in [0.15, 0.2) is 6.67 Å². The summed E-state index contributed by atoms with van der Waals surface area (Å²) >= 11 is 0. The molecule has 0 aliphatic carbocycles. The van der Waals surface area contributed by atoms with Crippen LogP contribution in [-0.4, -0.2) is 31.1 Å². The van der Waals surface area contributed by atoms with Crippen LogP contribution in [0.4, 0.5) is 5.69 Å². The third-order valence-corrected chi connectivity index (χ3v) is 3.42. The van der Waals surface area contributed by atoms with Gasteiger partial charge >= 0.3 is 0 Å². The van der Waals surface area contributed by atoms with Crippen LogP contribution < -0.4 is 29.0 Å². The van der Waals surface area contributed by atoms with Crippen molar-refractivity contribution in [1.29, 1.82) is 0 Å². The predicted octanol–water partition coefficient (Wildman–Crippen LogP) is -0.176. The number of hydrogen-bond acceptors (Lipinski definition) is 2. The normalized spacial score (nSPS) is 22.1. The molecule has 1 atom stereocenters. The van der Waals surface area contributed by atoms with Crippen LogP contribution in [0, 0.1) is 0 Å². The quantitative estimate of drug-likeness (QED) is 0.542. The molecule has 0 aromatic heterocycles. The third kappa shape index (κ3) is 2.75. The lowest BCUT2D eigenvalue weighted by Crippen LogP contribution is -3.00. The number of nitrogens with zero attached hydrogens (tertiary/aromatic N) is 3. The van der Waals surface area contributed by atoms with Gasteiger partial charge in [0, 0.05) is 19.2 Å². The Balaban J connectivity index is 0.00000162. The van der Waals surface area contributed by atoms with E-state index in [1.807, 2.05) is 12.3 Å². The van der Waals surface area contributed by atoms with Gasteiger partial charge in [-0.25, -0.2) is 10.0 Å². The fourth-order valence-electron chi connectivity index (χ4n) is 2.26. The zero-order valence-corrected chi connectivity index (χ0v) is 13.3. The summed E-state index contributed by atoms with van der Waals surface area (Å²) in [7, 11) is 2.21. The Hall–Kier alpha value is -0.880. The Bertz CT molecular complexity index is 442. The van der Waals surface area contributed by atoms with Crippen LogP contribution in [0.25, 0.3) is 0 Å². The molecule has 0 fully saturated rings. The van der Waals surface area contributed by atoms with Gasteiger partial charge in [-0.1, -0.05) is 18.2 Å². The summed E-state index contributed by atoms with van der Waals surface area (Å²) in [6.45, 7) is 6.07. The molecule has 98 valence electrons. The van der Waals surface area contributed by atoms with E-state index in [0.29, 0.717) is 0 Å². The smallest absolute Gasteiger partial charge is 0.199 e. The van der Waals surface area contributed by atoms with Gasteiger partial charge in [0.25, 0.3) is 0 Å². The van der Waals surface area contributed by atoms with E-state index in [9.17, 15) is 0 Å². The average molecular weight is 357 g/mol. The van der Waals surface area contributed by atoms with Gasteiger partial charge in [0.1, 0.15) is 5.70 Å². The number of allylic oxidation sites excluding steroid dienone is 2. The number of rotatable bonds is 3. The minimum Gasteiger partial charge on any atom is -1.00 e. The fourth-order valence-corrected chi connectivity index (χ4v) is 2.26. The molecule has 1 aliphatic rings.